The number of hydrogen-bond donors (Lipinski definition) is 0. The van der Waals surface area contributed by atoms with Crippen LogP contribution in [-0.2, 0) is 15.9 Å². The van der Waals surface area contributed by atoms with Crippen molar-refractivity contribution in [1.82, 2.24) is 19.6 Å². The van der Waals surface area contributed by atoms with E-state index in [0.29, 0.717) is 6.61 Å². The van der Waals surface area contributed by atoms with Gasteiger partial charge in [-0.05, 0) is 25.7 Å². The first-order valence-corrected chi connectivity index (χ1v) is 8.41. The van der Waals surface area contributed by atoms with E-state index in [-0.39, 0.29) is 6.29 Å². The molecule has 0 N–H and O–H groups in total. The quantitative estimate of drug-likeness (QED) is 0.464. The lowest BCUT2D eigenvalue weighted by Gasteiger charge is -2.22. The summed E-state index contributed by atoms with van der Waals surface area (Å²) >= 11 is 1.66. The molecule has 6 nitrogen and oxygen atoms in total. The van der Waals surface area contributed by atoms with Crippen LogP contribution in [0.3, 0.4) is 0 Å². The van der Waals surface area contributed by atoms with Gasteiger partial charge in [-0.3, -0.25) is 4.40 Å². The van der Waals surface area contributed by atoms with Crippen molar-refractivity contribution in [1.29, 1.82) is 0 Å². The highest BCUT2D eigenvalue weighted by Crippen LogP contribution is 2.19. The zero-order valence-electron chi connectivity index (χ0n) is 12.2. The van der Waals surface area contributed by atoms with E-state index in [1.165, 1.54) is 6.42 Å². The van der Waals surface area contributed by atoms with Gasteiger partial charge in [-0.1, -0.05) is 18.7 Å². The van der Waals surface area contributed by atoms with Crippen molar-refractivity contribution in [3.63, 3.8) is 0 Å². The van der Waals surface area contributed by atoms with Crippen molar-refractivity contribution >= 4 is 17.4 Å². The van der Waals surface area contributed by atoms with Crippen LogP contribution in [0.4, 0.5) is 0 Å². The first-order valence-electron chi connectivity index (χ1n) is 7.42. The normalized spacial score (nSPS) is 19.2. The minimum atomic E-state index is -0.0239. The molecule has 21 heavy (non-hydrogen) atoms. The molecule has 0 amide bonds. The predicted molar refractivity (Wildman–Crippen MR) is 80.4 cm³/mol. The van der Waals surface area contributed by atoms with Gasteiger partial charge in [-0.2, -0.15) is 0 Å². The molecule has 0 aromatic carbocycles. The Kier molecular flexibility index (Phi) is 5.05. The predicted octanol–water partition coefficient (Wildman–Crippen LogP) is 2.32. The molecule has 2 aromatic rings. The molecule has 0 spiro atoms. The SMILES string of the molecule is CCc1cc2nncn2c(SCCO[C@H]2CCCCO2)n1. The van der Waals surface area contributed by atoms with Gasteiger partial charge in [-0.25, -0.2) is 4.98 Å². The number of hydrogen-bond acceptors (Lipinski definition) is 6. The van der Waals surface area contributed by atoms with Crippen molar-refractivity contribution in [3.8, 4) is 0 Å². The van der Waals surface area contributed by atoms with E-state index in [1.807, 2.05) is 10.5 Å². The van der Waals surface area contributed by atoms with E-state index in [9.17, 15) is 0 Å². The fourth-order valence-corrected chi connectivity index (χ4v) is 3.11. The number of thioether (sulfide) groups is 1. The number of aryl methyl sites for hydroxylation is 1. The third-order valence-electron chi connectivity index (χ3n) is 3.43. The Morgan fingerprint density at radius 1 is 1.48 bits per heavy atom. The van der Waals surface area contributed by atoms with Crippen LogP contribution < -0.4 is 0 Å². The molecule has 1 atom stereocenters. The van der Waals surface area contributed by atoms with Crippen LogP contribution in [0.5, 0.6) is 0 Å². The van der Waals surface area contributed by atoms with E-state index in [1.54, 1.807) is 18.1 Å². The number of ether oxygens (including phenoxy) is 2. The summed E-state index contributed by atoms with van der Waals surface area (Å²) in [5, 5.41) is 8.96. The molecule has 0 saturated carbocycles. The molecule has 114 valence electrons. The average Bonchev–Trinajstić information content (AvgIpc) is 3.00. The highest BCUT2D eigenvalue weighted by atomic mass is 32.2. The van der Waals surface area contributed by atoms with Gasteiger partial charge in [0.2, 0.25) is 0 Å². The molecule has 2 aromatic heterocycles. The van der Waals surface area contributed by atoms with Crippen molar-refractivity contribution in [2.75, 3.05) is 19.0 Å². The minimum Gasteiger partial charge on any atom is -0.353 e. The number of fused-ring (bicyclic) bond motifs is 1. The second-order valence-corrected chi connectivity index (χ2v) is 6.02. The average molecular weight is 308 g/mol. The lowest BCUT2D eigenvalue weighted by Crippen LogP contribution is -2.23. The van der Waals surface area contributed by atoms with Gasteiger partial charge in [0.1, 0.15) is 6.33 Å². The Hall–Kier alpha value is -1.18. The van der Waals surface area contributed by atoms with Crippen molar-refractivity contribution in [2.45, 2.75) is 44.1 Å². The Balaban J connectivity index is 1.55. The lowest BCUT2D eigenvalue weighted by molar-refractivity contribution is -0.158. The van der Waals surface area contributed by atoms with E-state index in [0.717, 1.165) is 48.1 Å². The van der Waals surface area contributed by atoms with Crippen LogP contribution in [0.15, 0.2) is 17.6 Å². The highest BCUT2D eigenvalue weighted by Gasteiger charge is 2.14. The summed E-state index contributed by atoms with van der Waals surface area (Å²) in [7, 11) is 0. The fraction of sp³-hybridized carbons (Fsp3) is 0.643. The van der Waals surface area contributed by atoms with Crippen molar-refractivity contribution in [3.05, 3.63) is 18.1 Å². The monoisotopic (exact) mass is 308 g/mol. The topological polar surface area (TPSA) is 61.5 Å². The molecule has 1 saturated heterocycles. The molecule has 7 heteroatoms. The molecule has 0 bridgehead atoms. The third kappa shape index (κ3) is 3.72. The van der Waals surface area contributed by atoms with Gasteiger partial charge in [-0.15, -0.1) is 10.2 Å². The number of nitrogens with zero attached hydrogens (tertiary/aromatic N) is 4. The number of rotatable bonds is 6. The summed E-state index contributed by atoms with van der Waals surface area (Å²) < 4.78 is 13.2. The molecular formula is C14H20N4O2S. The summed E-state index contributed by atoms with van der Waals surface area (Å²) in [5.74, 6) is 0.841. The van der Waals surface area contributed by atoms with E-state index in [2.05, 4.69) is 22.1 Å². The van der Waals surface area contributed by atoms with E-state index < -0.39 is 0 Å². The van der Waals surface area contributed by atoms with Crippen LogP contribution >= 0.6 is 11.8 Å². The van der Waals surface area contributed by atoms with Crippen molar-refractivity contribution in [2.24, 2.45) is 0 Å². The maximum atomic E-state index is 5.74. The highest BCUT2D eigenvalue weighted by molar-refractivity contribution is 7.99. The molecule has 1 aliphatic rings. The van der Waals surface area contributed by atoms with Gasteiger partial charge in [0.25, 0.3) is 0 Å². The molecule has 0 aliphatic carbocycles. The molecule has 0 unspecified atom stereocenters. The molecule has 3 rings (SSSR count). The van der Waals surface area contributed by atoms with Crippen LogP contribution in [-0.4, -0.2) is 44.8 Å². The zero-order chi connectivity index (χ0) is 14.5. The second-order valence-electron chi connectivity index (χ2n) is 4.96. The molecule has 0 radical (unpaired) electrons. The third-order valence-corrected chi connectivity index (χ3v) is 4.35. The van der Waals surface area contributed by atoms with E-state index >= 15 is 0 Å². The first-order chi connectivity index (χ1) is 10.4. The van der Waals surface area contributed by atoms with Gasteiger partial charge in [0.05, 0.1) is 6.61 Å². The first kappa shape index (κ1) is 14.7. The van der Waals surface area contributed by atoms with Gasteiger partial charge < -0.3 is 9.47 Å². The van der Waals surface area contributed by atoms with Crippen LogP contribution in [0.25, 0.3) is 5.65 Å². The van der Waals surface area contributed by atoms with Gasteiger partial charge >= 0.3 is 0 Å². The summed E-state index contributed by atoms with van der Waals surface area (Å²) in [6.45, 7) is 3.57. The summed E-state index contributed by atoms with van der Waals surface area (Å²) in [4.78, 5) is 4.64. The van der Waals surface area contributed by atoms with Crippen LogP contribution in [0.1, 0.15) is 31.9 Å². The molecule has 1 aliphatic heterocycles. The summed E-state index contributed by atoms with van der Waals surface area (Å²) in [5.41, 5.74) is 1.88. The standard InChI is InChI=1S/C14H20N4O2S/c1-2-11-9-12-17-15-10-18(12)14(16-11)21-8-7-20-13-5-3-4-6-19-13/h9-10,13H,2-8H2,1H3/t13-/m0/s1. The summed E-state index contributed by atoms with van der Waals surface area (Å²) in [6, 6.07) is 1.98. The fourth-order valence-electron chi connectivity index (χ4n) is 2.29. The Morgan fingerprint density at radius 2 is 2.43 bits per heavy atom. The maximum Gasteiger partial charge on any atom is 0.175 e. The van der Waals surface area contributed by atoms with Crippen molar-refractivity contribution < 1.29 is 9.47 Å². The van der Waals surface area contributed by atoms with Crippen LogP contribution in [0, 0.1) is 0 Å². The number of aromatic nitrogens is 4. The Bertz CT molecular complexity index is 583. The molecule has 1 fully saturated rings. The summed E-state index contributed by atoms with van der Waals surface area (Å²) in [6.07, 6.45) is 5.92. The molecule has 3 heterocycles. The largest absolute Gasteiger partial charge is 0.353 e. The second kappa shape index (κ2) is 7.20. The van der Waals surface area contributed by atoms with Gasteiger partial charge in [0, 0.05) is 24.1 Å². The van der Waals surface area contributed by atoms with Crippen LogP contribution in [0.2, 0.25) is 0 Å². The molecular weight excluding hydrogens is 288 g/mol. The maximum absolute atomic E-state index is 5.74. The van der Waals surface area contributed by atoms with E-state index in [4.69, 9.17) is 9.47 Å². The lowest BCUT2D eigenvalue weighted by atomic mass is 10.2. The Morgan fingerprint density at radius 3 is 3.24 bits per heavy atom. The zero-order valence-corrected chi connectivity index (χ0v) is 13.0. The minimum absolute atomic E-state index is 0.0239. The Labute approximate surface area is 128 Å². The smallest absolute Gasteiger partial charge is 0.175 e. The van der Waals surface area contributed by atoms with Gasteiger partial charge in [0.15, 0.2) is 17.1 Å².